The normalized spacial score (nSPS) is 11.4. The summed E-state index contributed by atoms with van der Waals surface area (Å²) in [5.74, 6) is 0.696. The molecule has 0 atom stereocenters. The number of pyridine rings is 1. The van der Waals surface area contributed by atoms with E-state index in [1.807, 2.05) is 24.3 Å². The molecule has 0 bridgehead atoms. The first kappa shape index (κ1) is 30.6. The smallest absolute Gasteiger partial charge is 0.160 e. The molecule has 10 rings (SSSR count). The summed E-state index contributed by atoms with van der Waals surface area (Å²) in [6.07, 6.45) is 0. The van der Waals surface area contributed by atoms with Crippen LogP contribution < -0.4 is 0 Å². The van der Waals surface area contributed by atoms with E-state index in [1.54, 1.807) is 0 Å². The Hall–Kier alpha value is -7.17. The Labute approximate surface area is 307 Å². The SMILES string of the molecule is c1ccc(-c2ccc(-c3cc(-c4ccc(-n5c6ccccc6c6c7ccccc7nc(-c7ccccc7)c65)cc4)nc(-c4ccccc4)n3)cc2)cc1. The van der Waals surface area contributed by atoms with Crippen LogP contribution in [0.3, 0.4) is 0 Å². The van der Waals surface area contributed by atoms with E-state index in [0.29, 0.717) is 5.82 Å². The van der Waals surface area contributed by atoms with Gasteiger partial charge in [0.15, 0.2) is 5.82 Å². The Morgan fingerprint density at radius 1 is 0.358 bits per heavy atom. The lowest BCUT2D eigenvalue weighted by Gasteiger charge is -2.14. The van der Waals surface area contributed by atoms with Gasteiger partial charge in [-0.15, -0.1) is 0 Å². The third-order valence-electron chi connectivity index (χ3n) is 10.0. The standard InChI is InChI=1S/C49H32N4/c1-4-14-33(15-5-1)34-24-26-35(27-25-34)43-32-44(52-49(51-43)38-18-8-3-9-19-38)36-28-30-39(31-29-36)53-45-23-13-11-21-41(45)46-40-20-10-12-22-42(40)50-47(48(46)53)37-16-6-2-7-17-37/h1-32H. The maximum absolute atomic E-state index is 5.28. The lowest BCUT2D eigenvalue weighted by molar-refractivity contribution is 1.16. The molecule has 0 N–H and O–H groups in total. The van der Waals surface area contributed by atoms with E-state index in [0.717, 1.165) is 67.0 Å². The van der Waals surface area contributed by atoms with Crippen LogP contribution in [0.25, 0.3) is 94.7 Å². The monoisotopic (exact) mass is 676 g/mol. The van der Waals surface area contributed by atoms with E-state index in [-0.39, 0.29) is 0 Å². The molecule has 0 saturated heterocycles. The molecule has 0 aliphatic rings. The molecule has 0 saturated carbocycles. The van der Waals surface area contributed by atoms with Crippen molar-refractivity contribution < 1.29 is 0 Å². The Morgan fingerprint density at radius 3 is 1.51 bits per heavy atom. The maximum atomic E-state index is 5.28. The molecule has 0 spiro atoms. The van der Waals surface area contributed by atoms with Crippen LogP contribution in [-0.2, 0) is 0 Å². The fourth-order valence-corrected chi connectivity index (χ4v) is 7.46. The van der Waals surface area contributed by atoms with Gasteiger partial charge in [-0.1, -0.05) is 164 Å². The zero-order valence-corrected chi connectivity index (χ0v) is 28.8. The second-order valence-corrected chi connectivity index (χ2v) is 13.2. The summed E-state index contributed by atoms with van der Waals surface area (Å²) in [7, 11) is 0. The van der Waals surface area contributed by atoms with E-state index in [9.17, 15) is 0 Å². The molecule has 0 radical (unpaired) electrons. The third kappa shape index (κ3) is 5.45. The van der Waals surface area contributed by atoms with E-state index in [1.165, 1.54) is 21.9 Å². The van der Waals surface area contributed by atoms with Gasteiger partial charge in [0.2, 0.25) is 0 Å². The molecule has 0 aliphatic heterocycles. The quantitative estimate of drug-likeness (QED) is 0.176. The van der Waals surface area contributed by atoms with Crippen LogP contribution in [0.5, 0.6) is 0 Å². The number of aromatic nitrogens is 4. The highest BCUT2D eigenvalue weighted by Gasteiger charge is 2.21. The summed E-state index contributed by atoms with van der Waals surface area (Å²) in [4.78, 5) is 15.5. The zero-order chi connectivity index (χ0) is 35.1. The van der Waals surface area contributed by atoms with Gasteiger partial charge in [-0.05, 0) is 41.5 Å². The number of para-hydroxylation sites is 2. The molecule has 10 aromatic rings. The summed E-state index contributed by atoms with van der Waals surface area (Å²) in [6.45, 7) is 0. The first-order chi connectivity index (χ1) is 26.3. The van der Waals surface area contributed by atoms with Gasteiger partial charge in [-0.25, -0.2) is 15.0 Å². The Bertz CT molecular complexity index is 2900. The minimum absolute atomic E-state index is 0.696. The second kappa shape index (κ2) is 12.9. The van der Waals surface area contributed by atoms with Crippen LogP contribution in [0.2, 0.25) is 0 Å². The van der Waals surface area contributed by atoms with Crippen molar-refractivity contribution in [2.45, 2.75) is 0 Å². The number of fused-ring (bicyclic) bond motifs is 5. The fraction of sp³-hybridized carbons (Fsp3) is 0. The van der Waals surface area contributed by atoms with Gasteiger partial charge in [0.1, 0.15) is 0 Å². The van der Waals surface area contributed by atoms with Gasteiger partial charge in [-0.2, -0.15) is 0 Å². The number of rotatable bonds is 6. The second-order valence-electron chi connectivity index (χ2n) is 13.2. The average Bonchev–Trinajstić information content (AvgIpc) is 3.60. The van der Waals surface area contributed by atoms with Crippen molar-refractivity contribution in [3.63, 3.8) is 0 Å². The van der Waals surface area contributed by atoms with Crippen molar-refractivity contribution in [2.24, 2.45) is 0 Å². The van der Waals surface area contributed by atoms with Gasteiger partial charge in [0.05, 0.1) is 33.6 Å². The Kier molecular flexibility index (Phi) is 7.43. The molecule has 248 valence electrons. The summed E-state index contributed by atoms with van der Waals surface area (Å²) in [5.41, 5.74) is 13.5. The van der Waals surface area contributed by atoms with Crippen molar-refractivity contribution >= 4 is 32.7 Å². The lowest BCUT2D eigenvalue weighted by Crippen LogP contribution is -1.98. The molecule has 7 aromatic carbocycles. The third-order valence-corrected chi connectivity index (χ3v) is 10.0. The van der Waals surface area contributed by atoms with Gasteiger partial charge < -0.3 is 4.57 Å². The molecule has 53 heavy (non-hydrogen) atoms. The van der Waals surface area contributed by atoms with Crippen LogP contribution in [0.1, 0.15) is 0 Å². The van der Waals surface area contributed by atoms with Gasteiger partial charge in [0.25, 0.3) is 0 Å². The van der Waals surface area contributed by atoms with E-state index in [4.69, 9.17) is 15.0 Å². The first-order valence-corrected chi connectivity index (χ1v) is 17.9. The Balaban J connectivity index is 1.13. The van der Waals surface area contributed by atoms with Crippen molar-refractivity contribution in [3.05, 3.63) is 194 Å². The number of hydrogen-bond acceptors (Lipinski definition) is 3. The molecular formula is C49H32N4. The minimum atomic E-state index is 0.696. The predicted octanol–water partition coefficient (Wildman–Crippen LogP) is 12.5. The molecule has 0 unspecified atom stereocenters. The average molecular weight is 677 g/mol. The highest BCUT2D eigenvalue weighted by atomic mass is 15.0. The van der Waals surface area contributed by atoms with Gasteiger partial charge >= 0.3 is 0 Å². The van der Waals surface area contributed by atoms with Crippen molar-refractivity contribution in [1.29, 1.82) is 0 Å². The molecule has 4 nitrogen and oxygen atoms in total. The van der Waals surface area contributed by atoms with E-state index < -0.39 is 0 Å². The van der Waals surface area contributed by atoms with Crippen LogP contribution in [-0.4, -0.2) is 19.5 Å². The Morgan fingerprint density at radius 2 is 0.849 bits per heavy atom. The van der Waals surface area contributed by atoms with Crippen LogP contribution in [0.15, 0.2) is 194 Å². The van der Waals surface area contributed by atoms with Crippen molar-refractivity contribution in [3.8, 4) is 62.0 Å². The maximum Gasteiger partial charge on any atom is 0.160 e. The van der Waals surface area contributed by atoms with Crippen molar-refractivity contribution in [2.75, 3.05) is 0 Å². The highest BCUT2D eigenvalue weighted by molar-refractivity contribution is 6.23. The minimum Gasteiger partial charge on any atom is -0.307 e. The largest absolute Gasteiger partial charge is 0.307 e. The summed E-state index contributed by atoms with van der Waals surface area (Å²) < 4.78 is 2.37. The molecule has 4 heteroatoms. The topological polar surface area (TPSA) is 43.6 Å². The van der Waals surface area contributed by atoms with Crippen LogP contribution in [0, 0.1) is 0 Å². The first-order valence-electron chi connectivity index (χ1n) is 17.9. The fourth-order valence-electron chi connectivity index (χ4n) is 7.46. The summed E-state index contributed by atoms with van der Waals surface area (Å²) in [5, 5.41) is 3.56. The molecule has 0 aliphatic carbocycles. The molecular weight excluding hydrogens is 645 g/mol. The zero-order valence-electron chi connectivity index (χ0n) is 28.8. The summed E-state index contributed by atoms with van der Waals surface area (Å²) >= 11 is 0. The van der Waals surface area contributed by atoms with Crippen molar-refractivity contribution in [1.82, 2.24) is 19.5 Å². The lowest BCUT2D eigenvalue weighted by atomic mass is 10.0. The number of hydrogen-bond donors (Lipinski definition) is 0. The molecule has 0 fully saturated rings. The molecule has 3 aromatic heterocycles. The number of benzene rings is 7. The van der Waals surface area contributed by atoms with E-state index >= 15 is 0 Å². The molecule has 3 heterocycles. The van der Waals surface area contributed by atoms with Gasteiger partial charge in [-0.3, -0.25) is 0 Å². The van der Waals surface area contributed by atoms with Gasteiger partial charge in [0, 0.05) is 44.1 Å². The van der Waals surface area contributed by atoms with Crippen LogP contribution in [0.4, 0.5) is 0 Å². The summed E-state index contributed by atoms with van der Waals surface area (Å²) in [6, 6.07) is 67.8. The van der Waals surface area contributed by atoms with E-state index in [2.05, 4.69) is 174 Å². The molecule has 0 amide bonds. The highest BCUT2D eigenvalue weighted by Crippen LogP contribution is 2.41. The predicted molar refractivity (Wildman–Crippen MR) is 219 cm³/mol. The van der Waals surface area contributed by atoms with Crippen LogP contribution >= 0.6 is 0 Å². The number of nitrogens with zero attached hydrogens (tertiary/aromatic N) is 4.